The first-order valence-corrected chi connectivity index (χ1v) is 10.2. The molecule has 154 valence electrons. The third-order valence-electron chi connectivity index (χ3n) is 5.22. The summed E-state index contributed by atoms with van der Waals surface area (Å²) >= 11 is 0. The van der Waals surface area contributed by atoms with Gasteiger partial charge in [-0.25, -0.2) is 0 Å². The summed E-state index contributed by atoms with van der Waals surface area (Å²) in [7, 11) is 1.65. The first-order chi connectivity index (χ1) is 14.0. The molecule has 1 aliphatic heterocycles. The Labute approximate surface area is 173 Å². The van der Waals surface area contributed by atoms with Crippen LogP contribution in [0.1, 0.15) is 37.0 Å². The number of para-hydroxylation sites is 1. The number of carbonyl (C=O) groups excluding carboxylic acids is 1. The van der Waals surface area contributed by atoms with E-state index in [1.165, 1.54) is 5.57 Å². The van der Waals surface area contributed by atoms with Crippen LogP contribution < -0.4 is 15.4 Å². The zero-order valence-corrected chi connectivity index (χ0v) is 17.6. The van der Waals surface area contributed by atoms with Crippen molar-refractivity contribution < 1.29 is 9.53 Å². The van der Waals surface area contributed by atoms with Gasteiger partial charge in [-0.15, -0.1) is 0 Å². The maximum atomic E-state index is 12.9. The fourth-order valence-electron chi connectivity index (χ4n) is 3.45. The van der Waals surface area contributed by atoms with Gasteiger partial charge in [0.05, 0.1) is 18.4 Å². The summed E-state index contributed by atoms with van der Waals surface area (Å²) in [6, 6.07) is 15.5. The van der Waals surface area contributed by atoms with Crippen molar-refractivity contribution in [1.82, 2.24) is 10.2 Å². The van der Waals surface area contributed by atoms with E-state index in [0.717, 1.165) is 49.6 Å². The van der Waals surface area contributed by atoms with Crippen LogP contribution in [-0.2, 0) is 0 Å². The molecule has 5 nitrogen and oxygen atoms in total. The second-order valence-electron chi connectivity index (χ2n) is 7.73. The second kappa shape index (κ2) is 10.1. The third kappa shape index (κ3) is 6.09. The second-order valence-corrected chi connectivity index (χ2v) is 7.73. The average molecular weight is 394 g/mol. The monoisotopic (exact) mass is 393 g/mol. The summed E-state index contributed by atoms with van der Waals surface area (Å²) in [6.07, 6.45) is 4.23. The number of hydrogen-bond acceptors (Lipinski definition) is 4. The maximum absolute atomic E-state index is 12.9. The predicted molar refractivity (Wildman–Crippen MR) is 119 cm³/mol. The summed E-state index contributed by atoms with van der Waals surface area (Å²) < 4.78 is 5.20. The number of piperidine rings is 1. The Morgan fingerprint density at radius 3 is 2.45 bits per heavy atom. The van der Waals surface area contributed by atoms with Gasteiger partial charge >= 0.3 is 0 Å². The number of ether oxygens (including phenoxy) is 1. The number of rotatable bonds is 7. The van der Waals surface area contributed by atoms with Crippen LogP contribution in [0, 0.1) is 0 Å². The van der Waals surface area contributed by atoms with Gasteiger partial charge in [-0.2, -0.15) is 0 Å². The number of nitrogens with one attached hydrogen (secondary N) is 2. The predicted octanol–water partition coefficient (Wildman–Crippen LogP) is 4.60. The Morgan fingerprint density at radius 1 is 1.10 bits per heavy atom. The Balaban J connectivity index is 1.59. The molecule has 2 aromatic rings. The number of anilines is 2. The number of likely N-dealkylation sites (tertiary alicyclic amines) is 1. The van der Waals surface area contributed by atoms with Gasteiger partial charge in [0.1, 0.15) is 5.75 Å². The molecule has 0 bridgehead atoms. The molecule has 2 N–H and O–H groups in total. The number of benzene rings is 2. The molecule has 1 fully saturated rings. The van der Waals surface area contributed by atoms with E-state index in [1.54, 1.807) is 7.11 Å². The van der Waals surface area contributed by atoms with Crippen LogP contribution in [-0.4, -0.2) is 43.6 Å². The van der Waals surface area contributed by atoms with E-state index in [4.69, 9.17) is 4.74 Å². The fraction of sp³-hybridized carbons (Fsp3) is 0.375. The van der Waals surface area contributed by atoms with Crippen molar-refractivity contribution >= 4 is 17.3 Å². The van der Waals surface area contributed by atoms with E-state index in [9.17, 15) is 4.79 Å². The first kappa shape index (κ1) is 20.9. The van der Waals surface area contributed by atoms with Crippen molar-refractivity contribution in [3.63, 3.8) is 0 Å². The molecule has 0 unspecified atom stereocenters. The Hall–Kier alpha value is -2.79. The van der Waals surface area contributed by atoms with E-state index < -0.39 is 0 Å². The van der Waals surface area contributed by atoms with Gasteiger partial charge in [0.25, 0.3) is 5.91 Å². The molecule has 1 aliphatic rings. The zero-order chi connectivity index (χ0) is 20.6. The van der Waals surface area contributed by atoms with Crippen LogP contribution in [0.5, 0.6) is 5.75 Å². The molecular formula is C24H31N3O2. The summed E-state index contributed by atoms with van der Waals surface area (Å²) in [5.74, 6) is 0.780. The van der Waals surface area contributed by atoms with Gasteiger partial charge in [0.15, 0.2) is 0 Å². The van der Waals surface area contributed by atoms with E-state index in [1.807, 2.05) is 48.5 Å². The van der Waals surface area contributed by atoms with Crippen molar-refractivity contribution in [3.05, 3.63) is 65.7 Å². The van der Waals surface area contributed by atoms with Crippen LogP contribution in [0.3, 0.4) is 0 Å². The molecule has 0 atom stereocenters. The van der Waals surface area contributed by atoms with E-state index in [2.05, 4.69) is 35.5 Å². The SMILES string of the molecule is COc1ccc(Nc2ccccc2C(=O)NC2CCN(CC=C(C)C)CC2)cc1. The first-order valence-electron chi connectivity index (χ1n) is 10.2. The maximum Gasteiger partial charge on any atom is 0.253 e. The van der Waals surface area contributed by atoms with Gasteiger partial charge in [0.2, 0.25) is 0 Å². The zero-order valence-electron chi connectivity index (χ0n) is 17.6. The van der Waals surface area contributed by atoms with Gasteiger partial charge in [-0.3, -0.25) is 9.69 Å². The Morgan fingerprint density at radius 2 is 1.79 bits per heavy atom. The van der Waals surface area contributed by atoms with Crippen LogP contribution in [0.15, 0.2) is 60.2 Å². The molecule has 1 heterocycles. The molecule has 1 amide bonds. The summed E-state index contributed by atoms with van der Waals surface area (Å²) in [5, 5.41) is 6.57. The van der Waals surface area contributed by atoms with Crippen molar-refractivity contribution in [3.8, 4) is 5.75 Å². The summed E-state index contributed by atoms with van der Waals surface area (Å²) in [6.45, 7) is 7.29. The van der Waals surface area contributed by atoms with Crippen LogP contribution in [0.4, 0.5) is 11.4 Å². The lowest BCUT2D eigenvalue weighted by Crippen LogP contribution is -2.44. The topological polar surface area (TPSA) is 53.6 Å². The Bertz CT molecular complexity index is 833. The lowest BCUT2D eigenvalue weighted by Gasteiger charge is -2.31. The number of hydrogen-bond donors (Lipinski definition) is 2. The van der Waals surface area contributed by atoms with Gasteiger partial charge in [-0.05, 0) is 63.1 Å². The van der Waals surface area contributed by atoms with E-state index in [0.29, 0.717) is 5.56 Å². The van der Waals surface area contributed by atoms with Crippen LogP contribution >= 0.6 is 0 Å². The van der Waals surface area contributed by atoms with Crippen molar-refractivity contribution in [1.29, 1.82) is 0 Å². The molecule has 1 saturated heterocycles. The molecule has 5 heteroatoms. The molecule has 0 aliphatic carbocycles. The molecule has 3 rings (SSSR count). The van der Waals surface area contributed by atoms with Crippen molar-refractivity contribution in [2.45, 2.75) is 32.7 Å². The highest BCUT2D eigenvalue weighted by atomic mass is 16.5. The smallest absolute Gasteiger partial charge is 0.253 e. The highest BCUT2D eigenvalue weighted by Crippen LogP contribution is 2.23. The highest BCUT2D eigenvalue weighted by molar-refractivity contribution is 6.00. The van der Waals surface area contributed by atoms with Crippen molar-refractivity contribution in [2.24, 2.45) is 0 Å². The number of nitrogens with zero attached hydrogens (tertiary/aromatic N) is 1. The minimum atomic E-state index is -0.0237. The van der Waals surface area contributed by atoms with Crippen LogP contribution in [0.2, 0.25) is 0 Å². The minimum absolute atomic E-state index is 0.0237. The quantitative estimate of drug-likeness (QED) is 0.675. The van der Waals surface area contributed by atoms with E-state index >= 15 is 0 Å². The number of amides is 1. The molecular weight excluding hydrogens is 362 g/mol. The van der Waals surface area contributed by atoms with Crippen LogP contribution in [0.25, 0.3) is 0 Å². The van der Waals surface area contributed by atoms with E-state index in [-0.39, 0.29) is 11.9 Å². The van der Waals surface area contributed by atoms with Gasteiger partial charge in [0, 0.05) is 31.4 Å². The molecule has 2 aromatic carbocycles. The molecule has 0 aromatic heterocycles. The lowest BCUT2D eigenvalue weighted by molar-refractivity contribution is 0.0915. The summed E-state index contributed by atoms with van der Waals surface area (Å²) in [5.41, 5.74) is 3.73. The minimum Gasteiger partial charge on any atom is -0.497 e. The number of carbonyl (C=O) groups is 1. The highest BCUT2D eigenvalue weighted by Gasteiger charge is 2.21. The van der Waals surface area contributed by atoms with Gasteiger partial charge in [-0.1, -0.05) is 23.8 Å². The molecule has 0 spiro atoms. The largest absolute Gasteiger partial charge is 0.497 e. The normalized spacial score (nSPS) is 14.9. The lowest BCUT2D eigenvalue weighted by atomic mass is 10.0. The van der Waals surface area contributed by atoms with Crippen molar-refractivity contribution in [2.75, 3.05) is 32.1 Å². The molecule has 0 radical (unpaired) electrons. The third-order valence-corrected chi connectivity index (χ3v) is 5.22. The summed E-state index contributed by atoms with van der Waals surface area (Å²) in [4.78, 5) is 15.4. The Kier molecular flexibility index (Phi) is 7.30. The number of methoxy groups -OCH3 is 1. The van der Waals surface area contributed by atoms with Gasteiger partial charge < -0.3 is 15.4 Å². The fourth-order valence-corrected chi connectivity index (χ4v) is 3.45. The standard InChI is InChI=1S/C24H31N3O2/c1-18(2)12-15-27-16-13-20(14-17-27)26-24(28)22-6-4-5-7-23(22)25-19-8-10-21(29-3)11-9-19/h4-12,20,25H,13-17H2,1-3H3,(H,26,28). The molecule has 0 saturated carbocycles. The number of allylic oxidation sites excluding steroid dienone is 1. The molecule has 29 heavy (non-hydrogen) atoms. The average Bonchev–Trinajstić information content (AvgIpc) is 2.74.